The molecule has 3 N–H and O–H groups in total. The van der Waals surface area contributed by atoms with Crippen LogP contribution in [0.5, 0.6) is 11.5 Å². The van der Waals surface area contributed by atoms with E-state index in [0.717, 1.165) is 50.6 Å². The average Bonchev–Trinajstić information content (AvgIpc) is 2.84. The van der Waals surface area contributed by atoms with Crippen LogP contribution >= 0.6 is 0 Å². The van der Waals surface area contributed by atoms with Crippen LogP contribution in [0, 0.1) is 0 Å². The maximum absolute atomic E-state index is 5.96. The molecule has 174 valence electrons. The quantitative estimate of drug-likeness (QED) is 0.510. The summed E-state index contributed by atoms with van der Waals surface area (Å²) in [6, 6.07) is 15.9. The molecule has 0 atom stereocenters. The fraction of sp³-hybridized carbons (Fsp3) is 0.375. The second-order valence-electron chi connectivity index (χ2n) is 7.97. The molecule has 2 heterocycles. The predicted molar refractivity (Wildman–Crippen MR) is 129 cm³/mol. The summed E-state index contributed by atoms with van der Waals surface area (Å²) in [5.74, 6) is 2.89. The SMILES string of the molecule is COc1ccc(CCN2CCN(Cc3nc(N)nc(Nc4ccccc4OC)n3)CC2)cc1. The third-order valence-electron chi connectivity index (χ3n) is 5.76. The van der Waals surface area contributed by atoms with E-state index in [1.165, 1.54) is 5.56 Å². The molecule has 0 unspecified atom stereocenters. The van der Waals surface area contributed by atoms with Crippen LogP contribution in [0.3, 0.4) is 0 Å². The second-order valence-corrected chi connectivity index (χ2v) is 7.97. The molecule has 4 rings (SSSR count). The van der Waals surface area contributed by atoms with Crippen molar-refractivity contribution in [2.75, 3.05) is 58.0 Å². The van der Waals surface area contributed by atoms with Gasteiger partial charge in [0.15, 0.2) is 0 Å². The molecule has 1 saturated heterocycles. The number of anilines is 3. The summed E-state index contributed by atoms with van der Waals surface area (Å²) in [4.78, 5) is 18.0. The van der Waals surface area contributed by atoms with E-state index in [-0.39, 0.29) is 5.95 Å². The van der Waals surface area contributed by atoms with Crippen molar-refractivity contribution in [1.29, 1.82) is 0 Å². The van der Waals surface area contributed by atoms with E-state index >= 15 is 0 Å². The number of para-hydroxylation sites is 2. The summed E-state index contributed by atoms with van der Waals surface area (Å²) in [5.41, 5.74) is 8.06. The van der Waals surface area contributed by atoms with Crippen molar-refractivity contribution in [3.05, 3.63) is 59.9 Å². The molecule has 9 nitrogen and oxygen atoms in total. The van der Waals surface area contributed by atoms with E-state index in [9.17, 15) is 0 Å². The van der Waals surface area contributed by atoms with Gasteiger partial charge in [-0.25, -0.2) is 0 Å². The van der Waals surface area contributed by atoms with Gasteiger partial charge in [-0.3, -0.25) is 4.90 Å². The first kappa shape index (κ1) is 22.8. The topological polar surface area (TPSA) is 102 Å². The van der Waals surface area contributed by atoms with E-state index in [1.807, 2.05) is 36.4 Å². The lowest BCUT2D eigenvalue weighted by Gasteiger charge is -2.34. The van der Waals surface area contributed by atoms with Gasteiger partial charge in [-0.15, -0.1) is 0 Å². The number of methoxy groups -OCH3 is 2. The summed E-state index contributed by atoms with van der Waals surface area (Å²) >= 11 is 0. The van der Waals surface area contributed by atoms with E-state index in [0.29, 0.717) is 24.1 Å². The first-order valence-electron chi connectivity index (χ1n) is 11.1. The molecule has 9 heteroatoms. The Morgan fingerprint density at radius 2 is 1.61 bits per heavy atom. The zero-order valence-corrected chi connectivity index (χ0v) is 19.2. The molecule has 0 bridgehead atoms. The summed E-state index contributed by atoms with van der Waals surface area (Å²) in [6.45, 7) is 5.64. The van der Waals surface area contributed by atoms with Crippen molar-refractivity contribution in [3.63, 3.8) is 0 Å². The summed E-state index contributed by atoms with van der Waals surface area (Å²) in [6.07, 6.45) is 1.03. The highest BCUT2D eigenvalue weighted by Crippen LogP contribution is 2.25. The van der Waals surface area contributed by atoms with Gasteiger partial charge in [0.2, 0.25) is 11.9 Å². The molecule has 2 aromatic carbocycles. The molecule has 0 spiro atoms. The molecule has 0 amide bonds. The fourth-order valence-corrected chi connectivity index (χ4v) is 3.88. The molecule has 0 aliphatic carbocycles. The van der Waals surface area contributed by atoms with Gasteiger partial charge < -0.3 is 25.4 Å². The Morgan fingerprint density at radius 1 is 0.879 bits per heavy atom. The van der Waals surface area contributed by atoms with Crippen molar-refractivity contribution in [2.24, 2.45) is 0 Å². The molecule has 33 heavy (non-hydrogen) atoms. The van der Waals surface area contributed by atoms with Gasteiger partial charge in [0.25, 0.3) is 0 Å². The highest BCUT2D eigenvalue weighted by atomic mass is 16.5. The number of hydrogen-bond acceptors (Lipinski definition) is 9. The lowest BCUT2D eigenvalue weighted by Crippen LogP contribution is -2.46. The predicted octanol–water partition coefficient (Wildman–Crippen LogP) is 2.57. The smallest absolute Gasteiger partial charge is 0.232 e. The number of nitrogen functional groups attached to an aromatic ring is 1. The largest absolute Gasteiger partial charge is 0.497 e. The molecule has 0 saturated carbocycles. The number of aromatic nitrogens is 3. The van der Waals surface area contributed by atoms with Crippen LogP contribution < -0.4 is 20.5 Å². The van der Waals surface area contributed by atoms with Gasteiger partial charge in [0, 0.05) is 32.7 Å². The monoisotopic (exact) mass is 449 g/mol. The number of nitrogens with one attached hydrogen (secondary N) is 1. The minimum absolute atomic E-state index is 0.204. The van der Waals surface area contributed by atoms with Crippen LogP contribution in [0.1, 0.15) is 11.4 Å². The molecular weight excluding hydrogens is 418 g/mol. The average molecular weight is 450 g/mol. The Kier molecular flexibility index (Phi) is 7.54. The summed E-state index contributed by atoms with van der Waals surface area (Å²) < 4.78 is 10.6. The van der Waals surface area contributed by atoms with Gasteiger partial charge in [-0.2, -0.15) is 15.0 Å². The zero-order chi connectivity index (χ0) is 23.0. The first-order valence-corrected chi connectivity index (χ1v) is 11.1. The van der Waals surface area contributed by atoms with Crippen LogP contribution in [-0.4, -0.2) is 71.7 Å². The molecule has 3 aromatic rings. The highest BCUT2D eigenvalue weighted by molar-refractivity contribution is 5.62. The molecular formula is C24H31N7O2. The van der Waals surface area contributed by atoms with Crippen molar-refractivity contribution in [1.82, 2.24) is 24.8 Å². The Hall–Kier alpha value is -3.43. The van der Waals surface area contributed by atoms with E-state index < -0.39 is 0 Å². The van der Waals surface area contributed by atoms with E-state index in [2.05, 4.69) is 42.2 Å². The van der Waals surface area contributed by atoms with Crippen LogP contribution in [0.4, 0.5) is 17.6 Å². The Balaban J connectivity index is 1.29. The Labute approximate surface area is 194 Å². The highest BCUT2D eigenvalue weighted by Gasteiger charge is 2.18. The number of nitrogens with two attached hydrogens (primary N) is 1. The van der Waals surface area contributed by atoms with Crippen molar-refractivity contribution < 1.29 is 9.47 Å². The van der Waals surface area contributed by atoms with Gasteiger partial charge in [0.05, 0.1) is 26.5 Å². The summed E-state index contributed by atoms with van der Waals surface area (Å²) in [5, 5.41) is 3.19. The van der Waals surface area contributed by atoms with Crippen LogP contribution in [0.2, 0.25) is 0 Å². The third kappa shape index (κ3) is 6.30. The lowest BCUT2D eigenvalue weighted by molar-refractivity contribution is 0.126. The minimum atomic E-state index is 0.204. The molecule has 1 fully saturated rings. The van der Waals surface area contributed by atoms with Crippen LogP contribution in [0.25, 0.3) is 0 Å². The Morgan fingerprint density at radius 3 is 2.33 bits per heavy atom. The second kappa shape index (κ2) is 10.9. The lowest BCUT2D eigenvalue weighted by atomic mass is 10.1. The fourth-order valence-electron chi connectivity index (χ4n) is 3.88. The first-order chi connectivity index (χ1) is 16.1. The van der Waals surface area contributed by atoms with Crippen molar-refractivity contribution in [2.45, 2.75) is 13.0 Å². The van der Waals surface area contributed by atoms with Gasteiger partial charge in [0.1, 0.15) is 17.3 Å². The number of rotatable bonds is 9. The normalized spacial score (nSPS) is 14.7. The van der Waals surface area contributed by atoms with Crippen LogP contribution in [0.15, 0.2) is 48.5 Å². The van der Waals surface area contributed by atoms with Crippen molar-refractivity contribution in [3.8, 4) is 11.5 Å². The standard InChI is InChI=1S/C24H31N7O2/c1-32-19-9-7-18(8-10-19)11-12-30-13-15-31(16-14-30)17-22-27-23(25)29-24(28-22)26-20-5-3-4-6-21(20)33-2/h3-10H,11-17H2,1-2H3,(H3,25,26,27,28,29). The maximum Gasteiger partial charge on any atom is 0.232 e. The summed E-state index contributed by atoms with van der Waals surface area (Å²) in [7, 11) is 3.32. The molecule has 1 aliphatic heterocycles. The maximum atomic E-state index is 5.96. The zero-order valence-electron chi connectivity index (χ0n) is 19.2. The molecule has 1 aromatic heterocycles. The van der Waals surface area contributed by atoms with Gasteiger partial charge in [-0.1, -0.05) is 24.3 Å². The van der Waals surface area contributed by atoms with Crippen LogP contribution in [-0.2, 0) is 13.0 Å². The van der Waals surface area contributed by atoms with E-state index in [1.54, 1.807) is 14.2 Å². The van der Waals surface area contributed by atoms with E-state index in [4.69, 9.17) is 15.2 Å². The third-order valence-corrected chi connectivity index (χ3v) is 5.76. The number of nitrogens with zero attached hydrogens (tertiary/aromatic N) is 5. The van der Waals surface area contributed by atoms with Gasteiger partial charge >= 0.3 is 0 Å². The van der Waals surface area contributed by atoms with Crippen molar-refractivity contribution >= 4 is 17.6 Å². The van der Waals surface area contributed by atoms with Gasteiger partial charge in [-0.05, 0) is 36.2 Å². The number of ether oxygens (including phenoxy) is 2. The molecule has 0 radical (unpaired) electrons. The Bertz CT molecular complexity index is 1040. The number of benzene rings is 2. The number of piperazine rings is 1. The minimum Gasteiger partial charge on any atom is -0.497 e. The number of hydrogen-bond donors (Lipinski definition) is 2. The molecule has 1 aliphatic rings.